The summed E-state index contributed by atoms with van der Waals surface area (Å²) in [6.07, 6.45) is -0.533. The molecule has 2 aliphatic heterocycles. The second kappa shape index (κ2) is 11.4. The summed E-state index contributed by atoms with van der Waals surface area (Å²) in [6, 6.07) is 14.2. The number of hydrogen-bond donors (Lipinski definition) is 3. The molecule has 1 saturated carbocycles. The van der Waals surface area contributed by atoms with E-state index in [2.05, 4.69) is 15.6 Å². The first-order valence-corrected chi connectivity index (χ1v) is 13.1. The lowest BCUT2D eigenvalue weighted by atomic mass is 10.1. The van der Waals surface area contributed by atoms with Crippen LogP contribution in [-0.4, -0.2) is 57.6 Å². The van der Waals surface area contributed by atoms with Crippen LogP contribution >= 0.6 is 0 Å². The van der Waals surface area contributed by atoms with Gasteiger partial charge in [0, 0.05) is 23.4 Å². The monoisotopic (exact) mass is 566 g/mol. The van der Waals surface area contributed by atoms with Crippen LogP contribution in [0, 0.1) is 5.82 Å². The third-order valence-electron chi connectivity index (χ3n) is 7.05. The zero-order valence-corrected chi connectivity index (χ0v) is 21.6. The van der Waals surface area contributed by atoms with Gasteiger partial charge in [-0.15, -0.1) is 0 Å². The molecule has 1 aliphatic carbocycles. The first kappa shape index (κ1) is 27.0. The lowest BCUT2D eigenvalue weighted by Crippen LogP contribution is -2.35. The minimum absolute atomic E-state index is 0.0868. The molecule has 2 amide bonds. The highest BCUT2D eigenvalue weighted by atomic mass is 19.1. The number of nitrogens with one attached hydrogen (secondary N) is 2. The summed E-state index contributed by atoms with van der Waals surface area (Å²) in [6.45, 7) is -0.414. The number of benzene rings is 2. The van der Waals surface area contributed by atoms with Crippen LogP contribution in [0.15, 0.2) is 65.6 Å². The number of rotatable bonds is 9. The minimum Gasteiger partial charge on any atom is -0.478 e. The number of fused-ring (bicyclic) bond motifs is 1. The zero-order chi connectivity index (χ0) is 28.5. The van der Waals surface area contributed by atoms with Crippen LogP contribution in [0.1, 0.15) is 46.8 Å². The van der Waals surface area contributed by atoms with Crippen LogP contribution < -0.4 is 16.3 Å². The maximum Gasteiger partial charge on any atom is 0.351 e. The second-order valence-corrected chi connectivity index (χ2v) is 9.97. The Morgan fingerprint density at radius 1 is 1.05 bits per heavy atom. The Bertz CT molecular complexity index is 1500. The fourth-order valence-electron chi connectivity index (χ4n) is 4.88. The van der Waals surface area contributed by atoms with Crippen LogP contribution in [0.5, 0.6) is 0 Å². The third-order valence-corrected chi connectivity index (χ3v) is 7.05. The molecule has 3 aromatic rings. The minimum atomic E-state index is -1.27. The molecule has 0 bridgehead atoms. The summed E-state index contributed by atoms with van der Waals surface area (Å²) in [7, 11) is 0. The van der Waals surface area contributed by atoms with Crippen molar-refractivity contribution < 1.29 is 38.0 Å². The Balaban J connectivity index is 1.20. The molecule has 214 valence electrons. The Labute approximate surface area is 233 Å². The van der Waals surface area contributed by atoms with Crippen molar-refractivity contribution in [2.75, 3.05) is 11.9 Å². The molecule has 0 radical (unpaired) electrons. The summed E-state index contributed by atoms with van der Waals surface area (Å²) in [4.78, 5) is 40.6. The highest BCUT2D eigenvalue weighted by Gasteiger charge is 2.54. The van der Waals surface area contributed by atoms with Gasteiger partial charge >= 0.3 is 17.7 Å². The number of amides is 2. The molecule has 3 aliphatic rings. The average Bonchev–Trinajstić information content (AvgIpc) is 3.55. The predicted octanol–water partition coefficient (Wildman–Crippen LogP) is 2.96. The molecular weight excluding hydrogens is 539 g/mol. The van der Waals surface area contributed by atoms with Crippen molar-refractivity contribution in [3.05, 3.63) is 93.8 Å². The van der Waals surface area contributed by atoms with Crippen LogP contribution in [0.25, 0.3) is 0 Å². The number of carbonyl (C=O) groups excluding carboxylic acids is 1. The molecule has 6 rings (SSSR count). The molecule has 1 aromatic heterocycles. The largest absolute Gasteiger partial charge is 0.478 e. The summed E-state index contributed by atoms with van der Waals surface area (Å²) < 4.78 is 39.9. The van der Waals surface area contributed by atoms with E-state index in [0.29, 0.717) is 0 Å². The number of aromatic nitrogens is 2. The van der Waals surface area contributed by atoms with Crippen LogP contribution in [0.2, 0.25) is 0 Å². The van der Waals surface area contributed by atoms with Crippen molar-refractivity contribution in [1.82, 2.24) is 14.9 Å². The number of hydrogen-bond acceptors (Lipinski definition) is 8. The molecule has 5 atom stereocenters. The van der Waals surface area contributed by atoms with Crippen molar-refractivity contribution in [3.8, 4) is 0 Å². The molecule has 13 heteroatoms. The van der Waals surface area contributed by atoms with Gasteiger partial charge in [-0.3, -0.25) is 9.88 Å². The fraction of sp³-hybridized carbons (Fsp3) is 0.357. The van der Waals surface area contributed by atoms with E-state index in [4.69, 9.17) is 18.9 Å². The molecule has 3 heterocycles. The molecule has 3 fully saturated rings. The predicted molar refractivity (Wildman–Crippen MR) is 140 cm³/mol. The van der Waals surface area contributed by atoms with E-state index in [1.165, 1.54) is 29.0 Å². The summed E-state index contributed by atoms with van der Waals surface area (Å²) in [5.74, 6) is -1.88. The van der Waals surface area contributed by atoms with E-state index in [9.17, 15) is 23.9 Å². The van der Waals surface area contributed by atoms with Crippen molar-refractivity contribution in [1.29, 1.82) is 0 Å². The maximum absolute atomic E-state index is 14.4. The number of urea groups is 1. The standard InChI is InChI=1S/C28H27FN4O8/c29-19-8-4-7-17(25(34)35)18(19)13-38-14-20-22-23(41-26(40-22)15-5-2-1-3-6-15)24(39-20)33-12-11-21(32-28(33)37)31-27(36)30-16-9-10-16/h1-8,11-12,16,20,22-24,26H,9-10,13-14H2,(H,34,35)(H2,30,31,32,36,37)/t20-,22?,23?,24-,26+/m1/s1. The Kier molecular flexibility index (Phi) is 7.49. The molecule has 12 nitrogen and oxygen atoms in total. The van der Waals surface area contributed by atoms with Crippen molar-refractivity contribution in [3.63, 3.8) is 0 Å². The van der Waals surface area contributed by atoms with Crippen molar-refractivity contribution in [2.24, 2.45) is 0 Å². The SMILES string of the molecule is O=C(Nc1ccn([C@@H]2O[C@H](COCc3c(F)cccc3C(=O)O)C3O[C@H](c4ccccc4)OC32)c(=O)n1)NC1CC1. The van der Waals surface area contributed by atoms with E-state index >= 15 is 0 Å². The lowest BCUT2D eigenvalue weighted by molar-refractivity contribution is -0.159. The Morgan fingerprint density at radius 2 is 1.83 bits per heavy atom. The number of halogens is 1. The van der Waals surface area contributed by atoms with Crippen molar-refractivity contribution in [2.45, 2.75) is 56.3 Å². The molecule has 2 aromatic carbocycles. The highest BCUT2D eigenvalue weighted by Crippen LogP contribution is 2.44. The van der Waals surface area contributed by atoms with Gasteiger partial charge < -0.3 is 29.4 Å². The van der Waals surface area contributed by atoms with Crippen LogP contribution in [0.3, 0.4) is 0 Å². The topological polar surface area (TPSA) is 150 Å². The van der Waals surface area contributed by atoms with Gasteiger partial charge in [0.2, 0.25) is 0 Å². The summed E-state index contributed by atoms with van der Waals surface area (Å²) in [5.41, 5.74) is -0.200. The second-order valence-electron chi connectivity index (χ2n) is 9.97. The van der Waals surface area contributed by atoms with E-state index in [1.807, 2.05) is 30.3 Å². The molecule has 0 spiro atoms. The Morgan fingerprint density at radius 3 is 2.56 bits per heavy atom. The number of anilines is 1. The van der Waals surface area contributed by atoms with Gasteiger partial charge in [-0.05, 0) is 31.0 Å². The fourth-order valence-corrected chi connectivity index (χ4v) is 4.88. The molecular formula is C28H27FN4O8. The van der Waals surface area contributed by atoms with Gasteiger partial charge in [0.05, 0.1) is 18.8 Å². The van der Waals surface area contributed by atoms with Gasteiger partial charge in [0.1, 0.15) is 29.9 Å². The summed E-state index contributed by atoms with van der Waals surface area (Å²) >= 11 is 0. The van der Waals surface area contributed by atoms with Crippen LogP contribution in [0.4, 0.5) is 15.0 Å². The van der Waals surface area contributed by atoms with E-state index < -0.39 is 54.3 Å². The number of ether oxygens (including phenoxy) is 4. The van der Waals surface area contributed by atoms with Gasteiger partial charge in [-0.2, -0.15) is 4.98 Å². The average molecular weight is 567 g/mol. The first-order valence-electron chi connectivity index (χ1n) is 13.1. The number of carboxylic acids is 1. The molecule has 2 unspecified atom stereocenters. The number of carboxylic acid groups (broad SMARTS) is 1. The van der Waals surface area contributed by atoms with E-state index in [0.717, 1.165) is 24.5 Å². The van der Waals surface area contributed by atoms with E-state index in [1.54, 1.807) is 0 Å². The van der Waals surface area contributed by atoms with E-state index in [-0.39, 0.29) is 36.2 Å². The maximum atomic E-state index is 14.4. The smallest absolute Gasteiger partial charge is 0.351 e. The quantitative estimate of drug-likeness (QED) is 0.355. The summed E-state index contributed by atoms with van der Waals surface area (Å²) in [5, 5.41) is 14.7. The van der Waals surface area contributed by atoms with Gasteiger partial charge in [-0.1, -0.05) is 36.4 Å². The van der Waals surface area contributed by atoms with Gasteiger partial charge in [-0.25, -0.2) is 18.8 Å². The van der Waals surface area contributed by atoms with Crippen LogP contribution in [-0.2, 0) is 25.6 Å². The van der Waals surface area contributed by atoms with Gasteiger partial charge in [0.25, 0.3) is 0 Å². The Hall–Kier alpha value is -4.17. The van der Waals surface area contributed by atoms with Gasteiger partial charge in [0.15, 0.2) is 12.5 Å². The third kappa shape index (κ3) is 5.84. The number of carbonyl (C=O) groups is 2. The zero-order valence-electron chi connectivity index (χ0n) is 21.6. The first-order chi connectivity index (χ1) is 19.9. The molecule has 3 N–H and O–H groups in total. The lowest BCUT2D eigenvalue weighted by Gasteiger charge is -2.22. The number of aromatic carboxylic acids is 1. The van der Waals surface area contributed by atoms with Crippen molar-refractivity contribution >= 4 is 17.8 Å². The number of nitrogens with zero attached hydrogens (tertiary/aromatic N) is 2. The molecule has 41 heavy (non-hydrogen) atoms. The highest BCUT2D eigenvalue weighted by molar-refractivity contribution is 5.89. The normalized spacial score (nSPS) is 25.0. The molecule has 2 saturated heterocycles.